The van der Waals surface area contributed by atoms with Crippen LogP contribution in [-0.2, 0) is 14.3 Å². The van der Waals surface area contributed by atoms with Crippen molar-refractivity contribution in [1.82, 2.24) is 15.5 Å². The van der Waals surface area contributed by atoms with Crippen LogP contribution in [0.25, 0.3) is 0 Å². The molecule has 1 saturated heterocycles. The van der Waals surface area contributed by atoms with Crippen molar-refractivity contribution in [2.24, 2.45) is 4.99 Å². The van der Waals surface area contributed by atoms with Crippen LogP contribution in [0.1, 0.15) is 12.8 Å². The van der Waals surface area contributed by atoms with E-state index < -0.39 is 0 Å². The number of nitrogens with one attached hydrogen (secondary N) is 2. The van der Waals surface area contributed by atoms with Crippen LogP contribution in [0.5, 0.6) is 0 Å². The zero-order chi connectivity index (χ0) is 14.4. The number of aliphatic imine (C=N–C) groups is 1. The van der Waals surface area contributed by atoms with Crippen LogP contribution in [0.4, 0.5) is 0 Å². The topological polar surface area (TPSA) is 75.2 Å². The van der Waals surface area contributed by atoms with Crippen molar-refractivity contribution in [2.45, 2.75) is 25.0 Å². The summed E-state index contributed by atoms with van der Waals surface area (Å²) in [6.07, 6.45) is 2.25. The Morgan fingerprint density at radius 3 is 2.86 bits per heavy atom. The number of methoxy groups -OCH3 is 1. The van der Waals surface area contributed by atoms with Gasteiger partial charge in [0.15, 0.2) is 5.96 Å². The van der Waals surface area contributed by atoms with Crippen molar-refractivity contribution >= 4 is 35.8 Å². The van der Waals surface area contributed by atoms with Crippen LogP contribution >= 0.6 is 24.0 Å². The van der Waals surface area contributed by atoms with E-state index in [0.29, 0.717) is 19.3 Å². The predicted octanol–water partition coefficient (Wildman–Crippen LogP) is -0.194. The highest BCUT2D eigenvalue weighted by Gasteiger charge is 2.25. The molecule has 2 fully saturated rings. The Morgan fingerprint density at radius 2 is 2.24 bits per heavy atom. The second-order valence-electron chi connectivity index (χ2n) is 5.14. The molecule has 2 aliphatic rings. The Hall–Kier alpha value is -0.610. The van der Waals surface area contributed by atoms with Gasteiger partial charge in [-0.15, -0.1) is 24.0 Å². The van der Waals surface area contributed by atoms with Gasteiger partial charge in [-0.2, -0.15) is 0 Å². The number of hydrogen-bond donors (Lipinski definition) is 2. The summed E-state index contributed by atoms with van der Waals surface area (Å²) in [6, 6.07) is 0.390. The quantitative estimate of drug-likeness (QED) is 0.372. The lowest BCUT2D eigenvalue weighted by Crippen LogP contribution is -2.53. The van der Waals surface area contributed by atoms with Crippen molar-refractivity contribution in [3.8, 4) is 0 Å². The monoisotopic (exact) mass is 412 g/mol. The molecule has 1 aliphatic heterocycles. The van der Waals surface area contributed by atoms with Crippen molar-refractivity contribution in [3.63, 3.8) is 0 Å². The summed E-state index contributed by atoms with van der Waals surface area (Å²) in [7, 11) is 3.39. The molecule has 1 saturated carbocycles. The molecule has 1 unspecified atom stereocenters. The number of amides is 1. The Bertz CT molecular complexity index is 361. The minimum absolute atomic E-state index is 0. The summed E-state index contributed by atoms with van der Waals surface area (Å²) in [5, 5.41) is 6.05. The molecule has 7 nitrogen and oxygen atoms in total. The van der Waals surface area contributed by atoms with E-state index in [1.807, 2.05) is 0 Å². The van der Waals surface area contributed by atoms with Crippen molar-refractivity contribution < 1.29 is 14.3 Å². The average molecular weight is 412 g/mol. The lowest BCUT2D eigenvalue weighted by atomic mass is 10.3. The number of hydrogen-bond acceptors (Lipinski definition) is 4. The number of guanidine groups is 1. The third kappa shape index (κ3) is 6.35. The van der Waals surface area contributed by atoms with Crippen LogP contribution in [-0.4, -0.2) is 75.9 Å². The minimum Gasteiger partial charge on any atom is -0.382 e. The highest BCUT2D eigenvalue weighted by Crippen LogP contribution is 2.18. The summed E-state index contributed by atoms with van der Waals surface area (Å²) in [5.41, 5.74) is 0. The molecule has 1 aliphatic carbocycles. The van der Waals surface area contributed by atoms with Crippen molar-refractivity contribution in [1.29, 1.82) is 0 Å². The Labute approximate surface area is 142 Å². The molecule has 2 N–H and O–H groups in total. The largest absolute Gasteiger partial charge is 0.382 e. The molecule has 1 heterocycles. The maximum atomic E-state index is 11.7. The third-order valence-corrected chi connectivity index (χ3v) is 3.35. The van der Waals surface area contributed by atoms with Gasteiger partial charge in [-0.3, -0.25) is 9.79 Å². The number of morpholine rings is 1. The summed E-state index contributed by atoms with van der Waals surface area (Å²) in [4.78, 5) is 18.0. The van der Waals surface area contributed by atoms with Crippen LogP contribution in [0, 0.1) is 0 Å². The highest BCUT2D eigenvalue weighted by molar-refractivity contribution is 14.0. The maximum Gasteiger partial charge on any atom is 0.239 e. The number of carbonyl (C=O) groups excluding carboxylic acids is 1. The van der Waals surface area contributed by atoms with Gasteiger partial charge in [0.05, 0.1) is 25.9 Å². The Balaban J connectivity index is 0.00000220. The van der Waals surface area contributed by atoms with Gasteiger partial charge in [-0.1, -0.05) is 0 Å². The van der Waals surface area contributed by atoms with Gasteiger partial charge in [0.2, 0.25) is 5.91 Å². The second-order valence-corrected chi connectivity index (χ2v) is 5.14. The average Bonchev–Trinajstić information content (AvgIpc) is 3.24. The molecule has 1 atom stereocenters. The van der Waals surface area contributed by atoms with E-state index in [0.717, 1.165) is 31.9 Å². The van der Waals surface area contributed by atoms with Gasteiger partial charge in [0.1, 0.15) is 0 Å². The van der Waals surface area contributed by atoms with E-state index in [2.05, 4.69) is 20.5 Å². The fourth-order valence-electron chi connectivity index (χ4n) is 2.20. The molecule has 0 aromatic rings. The molecule has 0 aromatic heterocycles. The van der Waals surface area contributed by atoms with Crippen molar-refractivity contribution in [3.05, 3.63) is 0 Å². The predicted molar refractivity (Wildman–Crippen MR) is 91.1 cm³/mol. The number of nitrogens with zero attached hydrogens (tertiary/aromatic N) is 2. The van der Waals surface area contributed by atoms with Crippen molar-refractivity contribution in [2.75, 3.05) is 47.0 Å². The number of halogens is 1. The number of rotatable bonds is 5. The Kier molecular flexibility index (Phi) is 8.27. The van der Waals surface area contributed by atoms with E-state index in [1.165, 1.54) is 0 Å². The molecule has 21 heavy (non-hydrogen) atoms. The minimum atomic E-state index is 0. The Morgan fingerprint density at radius 1 is 1.48 bits per heavy atom. The normalized spacial score (nSPS) is 22.5. The number of carbonyl (C=O) groups is 1. The highest BCUT2D eigenvalue weighted by atomic mass is 127. The van der Waals surface area contributed by atoms with E-state index >= 15 is 0 Å². The van der Waals surface area contributed by atoms with E-state index in [4.69, 9.17) is 9.47 Å². The third-order valence-electron chi connectivity index (χ3n) is 3.35. The first-order chi connectivity index (χ1) is 9.72. The fraction of sp³-hybridized carbons (Fsp3) is 0.846. The summed E-state index contributed by atoms with van der Waals surface area (Å²) < 4.78 is 10.7. The molecule has 0 bridgehead atoms. The molecule has 2 rings (SSSR count). The molecule has 122 valence electrons. The zero-order valence-electron chi connectivity index (χ0n) is 12.6. The molecule has 0 spiro atoms. The fourth-order valence-corrected chi connectivity index (χ4v) is 2.20. The standard InChI is InChI=1S/C13H24N4O3.HI/c1-14-13(15-7-12(18)16-10-3-4-10)17-5-6-20-11(8-17)9-19-2;/h10-11H,3-9H2,1-2H3,(H,14,15)(H,16,18);1H. The maximum absolute atomic E-state index is 11.7. The van der Waals surface area contributed by atoms with Gasteiger partial charge >= 0.3 is 0 Å². The number of ether oxygens (including phenoxy) is 2. The van der Waals surface area contributed by atoms with Crippen LogP contribution in [0.3, 0.4) is 0 Å². The van der Waals surface area contributed by atoms with Crippen LogP contribution in [0.15, 0.2) is 4.99 Å². The zero-order valence-corrected chi connectivity index (χ0v) is 15.0. The molecule has 0 radical (unpaired) electrons. The molecule has 8 heteroatoms. The lowest BCUT2D eigenvalue weighted by molar-refractivity contribution is -0.120. The van der Waals surface area contributed by atoms with E-state index in [-0.39, 0.29) is 42.5 Å². The SMILES string of the molecule is CN=C(NCC(=O)NC1CC1)N1CCOC(COC)C1.I. The van der Waals surface area contributed by atoms with Crippen LogP contribution in [0.2, 0.25) is 0 Å². The lowest BCUT2D eigenvalue weighted by Gasteiger charge is -2.34. The molecule has 0 aromatic carbocycles. The van der Waals surface area contributed by atoms with E-state index in [9.17, 15) is 4.79 Å². The second kappa shape index (κ2) is 9.42. The van der Waals surface area contributed by atoms with Gasteiger partial charge < -0.3 is 25.0 Å². The molecule has 1 amide bonds. The molecular formula is C13H25IN4O3. The van der Waals surface area contributed by atoms with Gasteiger partial charge in [-0.05, 0) is 12.8 Å². The van der Waals surface area contributed by atoms with Gasteiger partial charge in [0.25, 0.3) is 0 Å². The first kappa shape index (κ1) is 18.4. The van der Waals surface area contributed by atoms with Crippen LogP contribution < -0.4 is 10.6 Å². The summed E-state index contributed by atoms with van der Waals surface area (Å²) in [5.74, 6) is 0.760. The summed E-state index contributed by atoms with van der Waals surface area (Å²) in [6.45, 7) is 2.95. The van der Waals surface area contributed by atoms with Gasteiger partial charge in [-0.25, -0.2) is 0 Å². The van der Waals surface area contributed by atoms with E-state index in [1.54, 1.807) is 14.2 Å². The van der Waals surface area contributed by atoms with Gasteiger partial charge in [0, 0.05) is 33.3 Å². The first-order valence-electron chi connectivity index (χ1n) is 7.08. The summed E-state index contributed by atoms with van der Waals surface area (Å²) >= 11 is 0. The first-order valence-corrected chi connectivity index (χ1v) is 7.08. The molecular weight excluding hydrogens is 387 g/mol. The smallest absolute Gasteiger partial charge is 0.239 e.